The van der Waals surface area contributed by atoms with E-state index in [1.807, 2.05) is 0 Å². The highest BCUT2D eigenvalue weighted by Crippen LogP contribution is 2.32. The number of alkyl halides is 1. The van der Waals surface area contributed by atoms with E-state index >= 15 is 0 Å². The standard InChI is InChI=1S/C11H23FN2/c1-2-14(9-8-12)11(10-13)6-4-3-5-7-11/h2-10,13H2,1H3. The molecule has 0 radical (unpaired) electrons. The fourth-order valence-electron chi connectivity index (χ4n) is 2.69. The quantitative estimate of drug-likeness (QED) is 0.738. The van der Waals surface area contributed by atoms with Gasteiger partial charge in [0.15, 0.2) is 0 Å². The van der Waals surface area contributed by atoms with E-state index in [1.165, 1.54) is 19.3 Å². The molecule has 0 bridgehead atoms. The van der Waals surface area contributed by atoms with Crippen LogP contribution < -0.4 is 5.73 Å². The summed E-state index contributed by atoms with van der Waals surface area (Å²) in [7, 11) is 0. The lowest BCUT2D eigenvalue weighted by molar-refractivity contribution is 0.0564. The maximum Gasteiger partial charge on any atom is 0.102 e. The molecule has 1 saturated carbocycles. The van der Waals surface area contributed by atoms with Gasteiger partial charge in [0, 0.05) is 18.6 Å². The Balaban J connectivity index is 2.63. The lowest BCUT2D eigenvalue weighted by Crippen LogP contribution is -2.55. The van der Waals surface area contributed by atoms with Crippen molar-refractivity contribution in [2.45, 2.75) is 44.6 Å². The van der Waals surface area contributed by atoms with Gasteiger partial charge in [-0.2, -0.15) is 0 Å². The van der Waals surface area contributed by atoms with Crippen LogP contribution in [0.3, 0.4) is 0 Å². The Morgan fingerprint density at radius 1 is 1.29 bits per heavy atom. The molecule has 3 heteroatoms. The first kappa shape index (κ1) is 11.9. The molecule has 0 spiro atoms. The smallest absolute Gasteiger partial charge is 0.102 e. The summed E-state index contributed by atoms with van der Waals surface area (Å²) in [5, 5.41) is 0. The SMILES string of the molecule is CCN(CCF)C1(CN)CCCCC1. The minimum absolute atomic E-state index is 0.110. The van der Waals surface area contributed by atoms with E-state index < -0.39 is 0 Å². The Bertz CT molecular complexity index is 155. The molecule has 1 fully saturated rings. The first-order valence-corrected chi connectivity index (χ1v) is 5.80. The van der Waals surface area contributed by atoms with E-state index in [1.54, 1.807) is 0 Å². The van der Waals surface area contributed by atoms with Crippen molar-refractivity contribution in [1.82, 2.24) is 4.90 Å². The first-order chi connectivity index (χ1) is 6.79. The third-order valence-electron chi connectivity index (χ3n) is 3.57. The summed E-state index contributed by atoms with van der Waals surface area (Å²) in [5.74, 6) is 0. The van der Waals surface area contributed by atoms with E-state index in [4.69, 9.17) is 5.73 Å². The van der Waals surface area contributed by atoms with Gasteiger partial charge in [-0.3, -0.25) is 4.90 Å². The van der Waals surface area contributed by atoms with Gasteiger partial charge in [0.25, 0.3) is 0 Å². The fraction of sp³-hybridized carbons (Fsp3) is 1.00. The van der Waals surface area contributed by atoms with E-state index in [-0.39, 0.29) is 12.2 Å². The van der Waals surface area contributed by atoms with Gasteiger partial charge in [-0.15, -0.1) is 0 Å². The van der Waals surface area contributed by atoms with E-state index in [0.717, 1.165) is 19.4 Å². The van der Waals surface area contributed by atoms with Crippen LogP contribution in [0.5, 0.6) is 0 Å². The molecule has 0 aliphatic heterocycles. The molecule has 0 saturated heterocycles. The Hall–Kier alpha value is -0.150. The minimum atomic E-state index is -0.254. The molecule has 1 aliphatic carbocycles. The second-order valence-corrected chi connectivity index (χ2v) is 4.26. The van der Waals surface area contributed by atoms with Crippen molar-refractivity contribution in [3.63, 3.8) is 0 Å². The maximum atomic E-state index is 12.4. The Kier molecular flexibility index (Phi) is 4.82. The monoisotopic (exact) mass is 202 g/mol. The van der Waals surface area contributed by atoms with Crippen LogP contribution in [0, 0.1) is 0 Å². The molecular formula is C11H23FN2. The molecule has 0 aromatic rings. The summed E-state index contributed by atoms with van der Waals surface area (Å²) in [5.41, 5.74) is 5.99. The van der Waals surface area contributed by atoms with E-state index in [0.29, 0.717) is 13.1 Å². The fourth-order valence-corrected chi connectivity index (χ4v) is 2.69. The van der Waals surface area contributed by atoms with Crippen LogP contribution in [0.4, 0.5) is 4.39 Å². The molecule has 14 heavy (non-hydrogen) atoms. The Morgan fingerprint density at radius 3 is 2.36 bits per heavy atom. The zero-order chi connectivity index (χ0) is 10.4. The van der Waals surface area contributed by atoms with Crippen LogP contribution in [-0.4, -0.2) is 36.7 Å². The highest BCUT2D eigenvalue weighted by Gasteiger charge is 2.35. The van der Waals surface area contributed by atoms with Crippen molar-refractivity contribution < 1.29 is 4.39 Å². The van der Waals surface area contributed by atoms with Crippen molar-refractivity contribution in [3.05, 3.63) is 0 Å². The number of likely N-dealkylation sites (N-methyl/N-ethyl adjacent to an activating group) is 1. The van der Waals surface area contributed by atoms with Crippen LogP contribution in [0.25, 0.3) is 0 Å². The zero-order valence-corrected chi connectivity index (χ0v) is 9.27. The largest absolute Gasteiger partial charge is 0.329 e. The average Bonchev–Trinajstić information content (AvgIpc) is 2.27. The summed E-state index contributed by atoms with van der Waals surface area (Å²) in [6.45, 7) is 3.99. The highest BCUT2D eigenvalue weighted by atomic mass is 19.1. The summed E-state index contributed by atoms with van der Waals surface area (Å²) in [6.07, 6.45) is 6.11. The third-order valence-corrected chi connectivity index (χ3v) is 3.57. The van der Waals surface area contributed by atoms with Crippen LogP contribution >= 0.6 is 0 Å². The summed E-state index contributed by atoms with van der Waals surface area (Å²) < 4.78 is 12.4. The lowest BCUT2D eigenvalue weighted by Gasteiger charge is -2.45. The minimum Gasteiger partial charge on any atom is -0.329 e. The van der Waals surface area contributed by atoms with Crippen molar-refractivity contribution in [1.29, 1.82) is 0 Å². The number of nitrogens with zero attached hydrogens (tertiary/aromatic N) is 1. The predicted octanol–water partition coefficient (Wildman–Crippen LogP) is 1.94. The summed E-state index contributed by atoms with van der Waals surface area (Å²) >= 11 is 0. The average molecular weight is 202 g/mol. The molecule has 1 rings (SSSR count). The van der Waals surface area contributed by atoms with Crippen LogP contribution in [-0.2, 0) is 0 Å². The molecule has 0 atom stereocenters. The lowest BCUT2D eigenvalue weighted by atomic mass is 9.80. The van der Waals surface area contributed by atoms with Gasteiger partial charge in [-0.1, -0.05) is 26.2 Å². The third kappa shape index (κ3) is 2.45. The van der Waals surface area contributed by atoms with E-state index in [9.17, 15) is 4.39 Å². The van der Waals surface area contributed by atoms with Gasteiger partial charge in [0.05, 0.1) is 0 Å². The molecule has 0 unspecified atom stereocenters. The van der Waals surface area contributed by atoms with E-state index in [2.05, 4.69) is 11.8 Å². The summed E-state index contributed by atoms with van der Waals surface area (Å²) in [6, 6.07) is 0. The molecule has 2 nitrogen and oxygen atoms in total. The number of nitrogens with two attached hydrogens (primary N) is 1. The molecule has 1 aliphatic rings. The highest BCUT2D eigenvalue weighted by molar-refractivity contribution is 4.93. The van der Waals surface area contributed by atoms with Crippen LogP contribution in [0.2, 0.25) is 0 Å². The van der Waals surface area contributed by atoms with Crippen molar-refractivity contribution in [2.75, 3.05) is 26.3 Å². The van der Waals surface area contributed by atoms with Crippen molar-refractivity contribution in [2.24, 2.45) is 5.73 Å². The van der Waals surface area contributed by atoms with Gasteiger partial charge in [-0.05, 0) is 19.4 Å². The Morgan fingerprint density at radius 2 is 1.93 bits per heavy atom. The van der Waals surface area contributed by atoms with Gasteiger partial charge < -0.3 is 5.73 Å². The first-order valence-electron chi connectivity index (χ1n) is 5.80. The normalized spacial score (nSPS) is 21.4. The second kappa shape index (κ2) is 5.66. The number of halogens is 1. The number of hydrogen-bond donors (Lipinski definition) is 1. The van der Waals surface area contributed by atoms with Crippen LogP contribution in [0.1, 0.15) is 39.0 Å². The number of rotatable bonds is 5. The van der Waals surface area contributed by atoms with Gasteiger partial charge in [0.2, 0.25) is 0 Å². The van der Waals surface area contributed by atoms with Gasteiger partial charge in [-0.25, -0.2) is 4.39 Å². The predicted molar refractivity (Wildman–Crippen MR) is 58.1 cm³/mol. The van der Waals surface area contributed by atoms with Crippen molar-refractivity contribution in [3.8, 4) is 0 Å². The Labute approximate surface area is 86.6 Å². The molecule has 2 N–H and O–H groups in total. The molecule has 0 amide bonds. The van der Waals surface area contributed by atoms with Gasteiger partial charge in [0.1, 0.15) is 6.67 Å². The van der Waals surface area contributed by atoms with Crippen molar-refractivity contribution >= 4 is 0 Å². The molecule has 0 heterocycles. The maximum absolute atomic E-state index is 12.4. The van der Waals surface area contributed by atoms with Gasteiger partial charge >= 0.3 is 0 Å². The topological polar surface area (TPSA) is 29.3 Å². The zero-order valence-electron chi connectivity index (χ0n) is 9.27. The van der Waals surface area contributed by atoms with Crippen LogP contribution in [0.15, 0.2) is 0 Å². The number of hydrogen-bond acceptors (Lipinski definition) is 2. The second-order valence-electron chi connectivity index (χ2n) is 4.26. The molecular weight excluding hydrogens is 179 g/mol. The molecule has 84 valence electrons. The summed E-state index contributed by atoms with van der Waals surface area (Å²) in [4.78, 5) is 2.24. The molecule has 0 aromatic carbocycles. The molecule has 0 aromatic heterocycles.